The molecule has 212 valence electrons. The van der Waals surface area contributed by atoms with E-state index >= 15 is 0 Å². The topological polar surface area (TPSA) is 35.1 Å². The molecule has 0 unspecified atom stereocenters. The van der Waals surface area contributed by atoms with Gasteiger partial charge in [-0.1, -0.05) is 115 Å². The number of benzene rings is 7. The van der Waals surface area contributed by atoms with E-state index in [4.69, 9.17) is 10.2 Å². The first kappa shape index (κ1) is 24.1. The van der Waals surface area contributed by atoms with E-state index in [1.165, 1.54) is 59.6 Å². The van der Waals surface area contributed by atoms with Crippen LogP contribution in [0.15, 0.2) is 146 Å². The van der Waals surface area contributed by atoms with Crippen molar-refractivity contribution in [3.8, 4) is 17.1 Å². The maximum Gasteiger partial charge on any atom is 0.168 e. The van der Waals surface area contributed by atoms with E-state index in [9.17, 15) is 0 Å². The van der Waals surface area contributed by atoms with Crippen molar-refractivity contribution in [2.45, 2.75) is 0 Å². The molecule has 4 heterocycles. The van der Waals surface area contributed by atoms with Gasteiger partial charge in [-0.25, -0.2) is 0 Å². The second-order valence-electron chi connectivity index (χ2n) is 12.2. The molecule has 0 bridgehead atoms. The normalized spacial score (nSPS) is 12.3. The maximum absolute atomic E-state index is 5.06. The molecule has 0 radical (unpaired) electrons. The van der Waals surface area contributed by atoms with Crippen molar-refractivity contribution in [2.24, 2.45) is 0 Å². The zero-order valence-electron chi connectivity index (χ0n) is 24.6. The van der Waals surface area contributed by atoms with Gasteiger partial charge in [-0.2, -0.15) is 0 Å². The summed E-state index contributed by atoms with van der Waals surface area (Å²) < 4.78 is 4.83. The summed E-state index contributed by atoms with van der Waals surface area (Å²) in [4.78, 5) is 0. The van der Waals surface area contributed by atoms with Gasteiger partial charge in [-0.05, 0) is 41.1 Å². The van der Waals surface area contributed by atoms with E-state index < -0.39 is 0 Å². The lowest BCUT2D eigenvalue weighted by Crippen LogP contribution is -2.02. The van der Waals surface area contributed by atoms with E-state index in [1.54, 1.807) is 0 Å². The Hall–Kier alpha value is -6.26. The van der Waals surface area contributed by atoms with Crippen LogP contribution in [0.2, 0.25) is 0 Å². The summed E-state index contributed by atoms with van der Waals surface area (Å²) in [5.74, 6) is 0.840. The molecular weight excluding hydrogens is 560 g/mol. The number of aromatic nitrogens is 4. The van der Waals surface area contributed by atoms with Crippen LogP contribution in [-0.2, 0) is 0 Å². The Morgan fingerprint density at radius 3 is 1.83 bits per heavy atom. The summed E-state index contributed by atoms with van der Waals surface area (Å²) in [5, 5.41) is 22.1. The molecule has 0 aliphatic carbocycles. The molecule has 0 saturated heterocycles. The molecule has 11 aromatic rings. The largest absolute Gasteiger partial charge is 0.308 e. The lowest BCUT2D eigenvalue weighted by atomic mass is 10.0. The predicted octanol–water partition coefficient (Wildman–Crippen LogP) is 10.7. The van der Waals surface area contributed by atoms with Gasteiger partial charge in [-0.15, -0.1) is 10.2 Å². The highest BCUT2D eigenvalue weighted by molar-refractivity contribution is 6.36. The van der Waals surface area contributed by atoms with Crippen LogP contribution in [0.4, 0.5) is 0 Å². The summed E-state index contributed by atoms with van der Waals surface area (Å²) in [6, 6.07) is 52.3. The molecule has 4 nitrogen and oxygen atoms in total. The van der Waals surface area contributed by atoms with Crippen molar-refractivity contribution in [3.63, 3.8) is 0 Å². The molecule has 11 rings (SSSR count). The van der Waals surface area contributed by atoms with Crippen LogP contribution in [0.1, 0.15) is 0 Å². The molecule has 7 aromatic carbocycles. The van der Waals surface area contributed by atoms with Crippen molar-refractivity contribution in [2.75, 3.05) is 0 Å². The number of para-hydroxylation sites is 2. The third-order valence-corrected chi connectivity index (χ3v) is 9.89. The molecule has 0 spiro atoms. The summed E-state index contributed by atoms with van der Waals surface area (Å²) in [7, 11) is 0. The van der Waals surface area contributed by atoms with Gasteiger partial charge < -0.3 is 4.40 Å². The minimum atomic E-state index is 0.840. The highest BCUT2D eigenvalue weighted by atomic mass is 15.2. The summed E-state index contributed by atoms with van der Waals surface area (Å²) in [6.07, 6.45) is 0. The van der Waals surface area contributed by atoms with Gasteiger partial charge in [0.05, 0.1) is 27.6 Å². The second kappa shape index (κ2) is 8.68. The quantitative estimate of drug-likeness (QED) is 0.203. The Kier molecular flexibility index (Phi) is 4.55. The molecule has 4 heteroatoms. The van der Waals surface area contributed by atoms with E-state index in [2.05, 4.69) is 148 Å². The molecule has 0 saturated carbocycles. The first-order valence-corrected chi connectivity index (χ1v) is 15.7. The molecule has 0 atom stereocenters. The molecule has 0 amide bonds. The zero-order valence-corrected chi connectivity index (χ0v) is 24.6. The van der Waals surface area contributed by atoms with E-state index in [0.717, 1.165) is 38.9 Å². The Morgan fingerprint density at radius 1 is 0.391 bits per heavy atom. The Morgan fingerprint density at radius 2 is 1.02 bits per heavy atom. The lowest BCUT2D eigenvalue weighted by molar-refractivity contribution is 0.977. The first-order chi connectivity index (χ1) is 22.8. The molecule has 0 aliphatic heterocycles. The fourth-order valence-electron chi connectivity index (χ4n) is 7.99. The highest BCUT2D eigenvalue weighted by Gasteiger charge is 2.25. The van der Waals surface area contributed by atoms with Crippen LogP contribution < -0.4 is 0 Å². The van der Waals surface area contributed by atoms with Gasteiger partial charge in [0.25, 0.3) is 0 Å². The SMILES string of the molecule is c1ccc(-c2nnc(-n3c4cc5ccccc5cc4c4c5c6ccccc6n6c7ccccc7c(cc43)c56)c3ccccc23)cc1. The average molecular weight is 585 g/mol. The Bertz CT molecular complexity index is 3020. The van der Waals surface area contributed by atoms with Crippen LogP contribution in [0.5, 0.6) is 0 Å². The van der Waals surface area contributed by atoms with Crippen LogP contribution in [0.3, 0.4) is 0 Å². The van der Waals surface area contributed by atoms with Crippen molar-refractivity contribution in [3.05, 3.63) is 146 Å². The average Bonchev–Trinajstić information content (AvgIpc) is 3.74. The minimum Gasteiger partial charge on any atom is -0.308 e. The first-order valence-electron chi connectivity index (χ1n) is 15.7. The second-order valence-corrected chi connectivity index (χ2v) is 12.2. The van der Waals surface area contributed by atoms with Crippen LogP contribution >= 0.6 is 0 Å². The highest BCUT2D eigenvalue weighted by Crippen LogP contribution is 2.47. The van der Waals surface area contributed by atoms with Gasteiger partial charge >= 0.3 is 0 Å². The van der Waals surface area contributed by atoms with Gasteiger partial charge in [0, 0.05) is 48.7 Å². The Labute approximate surface area is 262 Å². The fraction of sp³-hybridized carbons (Fsp3) is 0. The van der Waals surface area contributed by atoms with Crippen LogP contribution in [-0.4, -0.2) is 19.2 Å². The predicted molar refractivity (Wildman–Crippen MR) is 191 cm³/mol. The molecule has 0 N–H and O–H groups in total. The van der Waals surface area contributed by atoms with E-state index in [1.807, 2.05) is 6.07 Å². The number of hydrogen-bond donors (Lipinski definition) is 0. The summed E-state index contributed by atoms with van der Waals surface area (Å²) in [5.41, 5.74) is 7.96. The van der Waals surface area contributed by atoms with E-state index in [0.29, 0.717) is 0 Å². The van der Waals surface area contributed by atoms with Crippen molar-refractivity contribution in [1.29, 1.82) is 0 Å². The minimum absolute atomic E-state index is 0.840. The molecule has 4 aromatic heterocycles. The fourth-order valence-corrected chi connectivity index (χ4v) is 7.99. The Balaban J connectivity index is 1.40. The number of rotatable bonds is 2. The van der Waals surface area contributed by atoms with Crippen LogP contribution in [0.25, 0.3) is 98.5 Å². The summed E-state index contributed by atoms with van der Waals surface area (Å²) in [6.45, 7) is 0. The zero-order chi connectivity index (χ0) is 29.9. The van der Waals surface area contributed by atoms with Crippen molar-refractivity contribution < 1.29 is 0 Å². The molecular formula is C42H24N4. The molecule has 0 aliphatic rings. The lowest BCUT2D eigenvalue weighted by Gasteiger charge is -2.13. The van der Waals surface area contributed by atoms with E-state index in [-0.39, 0.29) is 0 Å². The van der Waals surface area contributed by atoms with Gasteiger partial charge in [0.2, 0.25) is 0 Å². The third kappa shape index (κ3) is 2.98. The maximum atomic E-state index is 5.06. The van der Waals surface area contributed by atoms with Gasteiger partial charge in [0.15, 0.2) is 5.82 Å². The van der Waals surface area contributed by atoms with Gasteiger partial charge in [-0.3, -0.25) is 4.57 Å². The molecule has 46 heavy (non-hydrogen) atoms. The smallest absolute Gasteiger partial charge is 0.168 e. The number of hydrogen-bond acceptors (Lipinski definition) is 2. The van der Waals surface area contributed by atoms with Gasteiger partial charge in [0.1, 0.15) is 5.69 Å². The van der Waals surface area contributed by atoms with Crippen molar-refractivity contribution in [1.82, 2.24) is 19.2 Å². The number of nitrogens with zero attached hydrogens (tertiary/aromatic N) is 4. The van der Waals surface area contributed by atoms with Crippen molar-refractivity contribution >= 4 is 81.4 Å². The molecule has 0 fully saturated rings. The summed E-state index contributed by atoms with van der Waals surface area (Å²) >= 11 is 0. The van der Waals surface area contributed by atoms with Crippen LogP contribution in [0, 0.1) is 0 Å². The number of fused-ring (bicyclic) bond motifs is 12. The standard InChI is InChI=1S/C42H24N4/c1-2-12-25(13-3-1)40-29-17-6-7-18-30(29)42(44-43-40)46-36-23-27-15-5-4-14-26(27)22-33(36)38-37(46)24-32-28-16-8-10-20-34(28)45-35-21-11-9-19-31(35)39(38)41(32)45/h1-24H. The third-order valence-electron chi connectivity index (χ3n) is 9.89. The monoisotopic (exact) mass is 584 g/mol.